The fourth-order valence-corrected chi connectivity index (χ4v) is 8.06. The molecule has 0 spiro atoms. The molecule has 0 radical (unpaired) electrons. The predicted octanol–water partition coefficient (Wildman–Crippen LogP) is 10.0. The Morgan fingerprint density at radius 2 is 0.931 bits per heavy atom. The minimum Gasteiger partial charge on any atom is -0.494 e. The molecule has 17 nitrogen and oxygen atoms in total. The van der Waals surface area contributed by atoms with E-state index in [1.807, 2.05) is 12.1 Å². The lowest BCUT2D eigenvalue weighted by Crippen LogP contribution is -2.28. The van der Waals surface area contributed by atoms with Gasteiger partial charge in [0.15, 0.2) is 29.6 Å². The van der Waals surface area contributed by atoms with E-state index in [1.54, 1.807) is 42.5 Å². The van der Waals surface area contributed by atoms with E-state index >= 15 is 0 Å². The van der Waals surface area contributed by atoms with Gasteiger partial charge in [0.05, 0.1) is 58.6 Å². The van der Waals surface area contributed by atoms with Crippen molar-refractivity contribution in [2.45, 2.75) is 103 Å². The maximum absolute atomic E-state index is 12.9. The van der Waals surface area contributed by atoms with Gasteiger partial charge in [0.1, 0.15) is 17.2 Å². The first kappa shape index (κ1) is 56.3. The Kier molecular flexibility index (Phi) is 25.3. The Balaban J connectivity index is 0.875. The van der Waals surface area contributed by atoms with Gasteiger partial charge in [0, 0.05) is 18.2 Å². The van der Waals surface area contributed by atoms with Gasteiger partial charge in [-0.25, -0.2) is 14.4 Å². The Labute approximate surface area is 422 Å². The largest absolute Gasteiger partial charge is 0.494 e. The zero-order valence-electron chi connectivity index (χ0n) is 41.4. The Morgan fingerprint density at radius 1 is 0.486 bits per heavy atom. The van der Waals surface area contributed by atoms with Crippen molar-refractivity contribution < 1.29 is 81.4 Å². The average Bonchev–Trinajstić information content (AvgIpc) is 3.40. The van der Waals surface area contributed by atoms with E-state index in [-0.39, 0.29) is 41.1 Å². The molecule has 0 unspecified atom stereocenters. The maximum Gasteiger partial charge on any atom is 0.349 e. The Morgan fingerprint density at radius 3 is 1.43 bits per heavy atom. The number of carbonyl (C=O) groups excluding carboxylic acids is 5. The molecule has 0 N–H and O–H groups in total. The first-order valence-electron chi connectivity index (χ1n) is 25.0. The van der Waals surface area contributed by atoms with Gasteiger partial charge in [-0.2, -0.15) is 9.78 Å². The molecule has 0 amide bonds. The first-order chi connectivity index (χ1) is 35.1. The fraction of sp³-hybridized carbons (Fsp3) is 0.509. The number of hydrogen-bond acceptors (Lipinski definition) is 17. The number of ether oxygens (including phenoxy) is 8. The predicted molar refractivity (Wildman–Crippen MR) is 262 cm³/mol. The zero-order chi connectivity index (χ0) is 51.2. The SMILES string of the molecule is C=CC(=O)OCCCCCCOc1ccc(OOCC2CCC(C(=O)OCC(=O)Oc3ccc(OOCC4CCC(C(=O)Oc5ccc(OCCCCCCOC(=O)C=C)cc5)CC4)cc3OC)CC2)cc1. The summed E-state index contributed by atoms with van der Waals surface area (Å²) >= 11 is 0. The van der Waals surface area contributed by atoms with Crippen LogP contribution in [0, 0.1) is 23.7 Å². The van der Waals surface area contributed by atoms with Crippen LogP contribution in [0.25, 0.3) is 0 Å². The molecule has 0 aliphatic heterocycles. The summed E-state index contributed by atoms with van der Waals surface area (Å²) in [6, 6.07) is 18.8. The van der Waals surface area contributed by atoms with Gasteiger partial charge in [-0.3, -0.25) is 9.59 Å². The lowest BCUT2D eigenvalue weighted by atomic mass is 9.82. The van der Waals surface area contributed by atoms with Crippen LogP contribution in [-0.2, 0) is 48.0 Å². The average molecular weight is 1000 g/mol. The Bertz CT molecular complexity index is 2120. The minimum absolute atomic E-state index is 0.128. The number of rotatable bonds is 33. The van der Waals surface area contributed by atoms with Crippen molar-refractivity contribution in [3.05, 3.63) is 92.0 Å². The van der Waals surface area contributed by atoms with E-state index in [4.69, 9.17) is 57.4 Å². The molecule has 0 saturated heterocycles. The standard InChI is InChI=1S/C55H70O17/c1-4-51(56)64-34-12-8-6-10-32-62-44-22-26-46(27-23-44)69-55(60)43-20-16-41(17-21-43)38-68-72-48-30-31-49(50(36-48)61-3)70-53(58)39-66-54(59)42-18-14-40(15-19-42)37-67-71-47-28-24-45(25-29-47)63-33-11-7-9-13-35-65-52(57)5-2/h4-5,22-31,36,40-43H,1-2,6-21,32-35,37-39H2,3H3. The molecule has 2 aliphatic carbocycles. The van der Waals surface area contributed by atoms with Crippen LogP contribution in [-0.4, -0.2) is 83.2 Å². The zero-order valence-corrected chi connectivity index (χ0v) is 41.4. The van der Waals surface area contributed by atoms with Crippen LogP contribution in [0.15, 0.2) is 92.0 Å². The third-order valence-electron chi connectivity index (χ3n) is 12.3. The molecule has 0 bridgehead atoms. The molecule has 3 aromatic carbocycles. The molecule has 2 saturated carbocycles. The normalized spacial score (nSPS) is 17.3. The van der Waals surface area contributed by atoms with Gasteiger partial charge in [0.2, 0.25) is 0 Å². The van der Waals surface area contributed by atoms with Gasteiger partial charge >= 0.3 is 29.8 Å². The molecule has 3 aromatic rings. The Hall–Kier alpha value is -6.59. The summed E-state index contributed by atoms with van der Waals surface area (Å²) in [6.07, 6.45) is 15.0. The number of unbranched alkanes of at least 4 members (excludes halogenated alkanes) is 6. The van der Waals surface area contributed by atoms with E-state index in [9.17, 15) is 24.0 Å². The van der Waals surface area contributed by atoms with Gasteiger partial charge in [-0.1, -0.05) is 13.2 Å². The second kappa shape index (κ2) is 32.4. The van der Waals surface area contributed by atoms with Crippen molar-refractivity contribution in [3.63, 3.8) is 0 Å². The summed E-state index contributed by atoms with van der Waals surface area (Å²) in [5.74, 6) is 0.724. The minimum atomic E-state index is -0.757. The second-order valence-corrected chi connectivity index (χ2v) is 17.7. The van der Waals surface area contributed by atoms with E-state index in [1.165, 1.54) is 19.2 Å². The number of methoxy groups -OCH3 is 1. The number of esters is 5. The molecule has 392 valence electrons. The number of carbonyl (C=O) groups is 5. The molecular weight excluding hydrogens is 933 g/mol. The molecule has 5 rings (SSSR count). The molecule has 0 heterocycles. The van der Waals surface area contributed by atoms with Gasteiger partial charge in [-0.15, -0.1) is 0 Å². The molecule has 2 fully saturated rings. The van der Waals surface area contributed by atoms with Crippen molar-refractivity contribution in [1.82, 2.24) is 0 Å². The van der Waals surface area contributed by atoms with Crippen LogP contribution in [0.5, 0.6) is 40.2 Å². The molecule has 0 atom stereocenters. The summed E-state index contributed by atoms with van der Waals surface area (Å²) in [7, 11) is 1.43. The van der Waals surface area contributed by atoms with Crippen molar-refractivity contribution in [2.24, 2.45) is 23.7 Å². The fourth-order valence-electron chi connectivity index (χ4n) is 8.06. The van der Waals surface area contributed by atoms with E-state index < -0.39 is 30.5 Å². The molecule has 2 aliphatic rings. The highest BCUT2D eigenvalue weighted by Gasteiger charge is 2.30. The van der Waals surface area contributed by atoms with Crippen LogP contribution in [0.1, 0.15) is 103 Å². The monoisotopic (exact) mass is 1000 g/mol. The smallest absolute Gasteiger partial charge is 0.349 e. The van der Waals surface area contributed by atoms with E-state index in [2.05, 4.69) is 13.2 Å². The molecule has 72 heavy (non-hydrogen) atoms. The summed E-state index contributed by atoms with van der Waals surface area (Å²) in [4.78, 5) is 82.6. The highest BCUT2D eigenvalue weighted by atomic mass is 17.2. The maximum atomic E-state index is 12.9. The number of hydrogen-bond donors (Lipinski definition) is 0. The van der Waals surface area contributed by atoms with Crippen LogP contribution in [0.2, 0.25) is 0 Å². The molecular formula is C55H70O17. The highest BCUT2D eigenvalue weighted by molar-refractivity contribution is 5.81. The van der Waals surface area contributed by atoms with Crippen molar-refractivity contribution in [2.75, 3.05) is 53.4 Å². The van der Waals surface area contributed by atoms with Crippen molar-refractivity contribution in [1.29, 1.82) is 0 Å². The van der Waals surface area contributed by atoms with Crippen LogP contribution < -0.4 is 33.5 Å². The van der Waals surface area contributed by atoms with Gasteiger partial charge in [-0.05, 0) is 175 Å². The number of benzene rings is 3. The quantitative estimate of drug-likeness (QED) is 0.0106. The topological polar surface area (TPSA) is 196 Å². The van der Waals surface area contributed by atoms with Gasteiger partial charge in [0.25, 0.3) is 0 Å². The van der Waals surface area contributed by atoms with Crippen LogP contribution in [0.3, 0.4) is 0 Å². The first-order valence-corrected chi connectivity index (χ1v) is 25.0. The highest BCUT2D eigenvalue weighted by Crippen LogP contribution is 2.34. The third-order valence-corrected chi connectivity index (χ3v) is 12.3. The third kappa shape index (κ3) is 21.4. The lowest BCUT2D eigenvalue weighted by molar-refractivity contribution is -0.218. The van der Waals surface area contributed by atoms with Crippen LogP contribution >= 0.6 is 0 Å². The summed E-state index contributed by atoms with van der Waals surface area (Å²) in [5, 5.41) is 0. The second-order valence-electron chi connectivity index (χ2n) is 17.7. The van der Waals surface area contributed by atoms with Gasteiger partial charge < -0.3 is 47.7 Å². The summed E-state index contributed by atoms with van der Waals surface area (Å²) in [5.41, 5.74) is 0. The van der Waals surface area contributed by atoms with E-state index in [0.29, 0.717) is 88.3 Å². The summed E-state index contributed by atoms with van der Waals surface area (Å²) < 4.78 is 43.4. The van der Waals surface area contributed by atoms with Crippen molar-refractivity contribution in [3.8, 4) is 40.2 Å². The molecule has 0 aromatic heterocycles. The summed E-state index contributed by atoms with van der Waals surface area (Å²) in [6.45, 7) is 8.82. The van der Waals surface area contributed by atoms with Crippen LogP contribution in [0.4, 0.5) is 0 Å². The van der Waals surface area contributed by atoms with Crippen molar-refractivity contribution >= 4 is 29.8 Å². The van der Waals surface area contributed by atoms with E-state index in [0.717, 1.165) is 95.0 Å². The molecule has 17 heteroatoms. The lowest BCUT2D eigenvalue weighted by Gasteiger charge is -2.26.